The van der Waals surface area contributed by atoms with Crippen LogP contribution >= 0.6 is 11.3 Å². The van der Waals surface area contributed by atoms with Gasteiger partial charge in [-0.3, -0.25) is 0 Å². The molecule has 68 valence electrons. The summed E-state index contributed by atoms with van der Waals surface area (Å²) in [7, 11) is 0. The van der Waals surface area contributed by atoms with Gasteiger partial charge in [0.2, 0.25) is 0 Å². The van der Waals surface area contributed by atoms with Crippen molar-refractivity contribution in [2.24, 2.45) is 11.7 Å². The first-order valence-electron chi connectivity index (χ1n) is 4.32. The van der Waals surface area contributed by atoms with Gasteiger partial charge in [0, 0.05) is 24.0 Å². The van der Waals surface area contributed by atoms with Crippen molar-refractivity contribution < 1.29 is 0 Å². The highest BCUT2D eigenvalue weighted by molar-refractivity contribution is 7.09. The van der Waals surface area contributed by atoms with Crippen LogP contribution in [0.1, 0.15) is 25.3 Å². The zero-order valence-electron chi connectivity index (χ0n) is 7.66. The Labute approximate surface area is 77.8 Å². The van der Waals surface area contributed by atoms with Crippen LogP contribution in [0.5, 0.6) is 0 Å². The van der Waals surface area contributed by atoms with E-state index in [1.807, 2.05) is 11.6 Å². The lowest BCUT2D eigenvalue weighted by Crippen LogP contribution is -2.19. The summed E-state index contributed by atoms with van der Waals surface area (Å²) in [6.45, 7) is 4.28. The van der Waals surface area contributed by atoms with Crippen LogP contribution in [-0.4, -0.2) is 11.0 Å². The molecule has 12 heavy (non-hydrogen) atoms. The van der Waals surface area contributed by atoms with Crippen LogP contribution in [-0.2, 0) is 6.42 Å². The van der Waals surface area contributed by atoms with Crippen molar-refractivity contribution >= 4 is 11.3 Å². The summed E-state index contributed by atoms with van der Waals surface area (Å²) in [5.41, 5.74) is 5.71. The molecule has 0 amide bonds. The first-order chi connectivity index (χ1) is 5.68. The Morgan fingerprint density at radius 3 is 2.83 bits per heavy atom. The molecule has 2 unspecified atom stereocenters. The average Bonchev–Trinajstić information content (AvgIpc) is 2.37. The summed E-state index contributed by atoms with van der Waals surface area (Å²) in [4.78, 5) is 4.24. The summed E-state index contributed by atoms with van der Waals surface area (Å²) in [6, 6.07) is 0.306. The molecule has 0 bridgehead atoms. The molecule has 1 aromatic heterocycles. The van der Waals surface area contributed by atoms with Crippen molar-refractivity contribution in [3.8, 4) is 0 Å². The van der Waals surface area contributed by atoms with Crippen LogP contribution < -0.4 is 5.73 Å². The summed E-state index contributed by atoms with van der Waals surface area (Å²) in [5, 5.41) is 3.25. The summed E-state index contributed by atoms with van der Waals surface area (Å²) in [6.07, 6.45) is 4.01. The molecule has 1 aromatic rings. The zero-order valence-corrected chi connectivity index (χ0v) is 8.47. The van der Waals surface area contributed by atoms with Gasteiger partial charge >= 0.3 is 0 Å². The molecule has 0 saturated heterocycles. The maximum Gasteiger partial charge on any atom is 0.0927 e. The van der Waals surface area contributed by atoms with E-state index in [0.29, 0.717) is 12.0 Å². The minimum atomic E-state index is 0.306. The van der Waals surface area contributed by atoms with Gasteiger partial charge in [0.25, 0.3) is 0 Å². The van der Waals surface area contributed by atoms with Crippen LogP contribution in [0.2, 0.25) is 0 Å². The molecule has 0 aliphatic carbocycles. The lowest BCUT2D eigenvalue weighted by atomic mass is 10.0. The molecular weight excluding hydrogens is 168 g/mol. The van der Waals surface area contributed by atoms with Crippen LogP contribution in [0.3, 0.4) is 0 Å². The fourth-order valence-corrected chi connectivity index (χ4v) is 2.15. The van der Waals surface area contributed by atoms with Gasteiger partial charge in [-0.1, -0.05) is 6.92 Å². The lowest BCUT2D eigenvalue weighted by Gasteiger charge is -2.11. The first kappa shape index (κ1) is 9.68. The largest absolute Gasteiger partial charge is 0.328 e. The lowest BCUT2D eigenvalue weighted by molar-refractivity contribution is 0.479. The molecular formula is C9H16N2S. The van der Waals surface area contributed by atoms with E-state index in [9.17, 15) is 0 Å². The highest BCUT2D eigenvalue weighted by Gasteiger charge is 2.07. The van der Waals surface area contributed by atoms with Crippen LogP contribution in [0.25, 0.3) is 0 Å². The molecule has 0 radical (unpaired) electrons. The third-order valence-corrected chi connectivity index (χ3v) is 2.58. The predicted octanol–water partition coefficient (Wildman–Crippen LogP) is 2.06. The van der Waals surface area contributed by atoms with Crippen molar-refractivity contribution in [1.82, 2.24) is 4.98 Å². The van der Waals surface area contributed by atoms with Crippen molar-refractivity contribution in [3.63, 3.8) is 0 Å². The average molecular weight is 184 g/mol. The smallest absolute Gasteiger partial charge is 0.0927 e. The Kier molecular flexibility index (Phi) is 3.69. The maximum absolute atomic E-state index is 5.71. The Balaban J connectivity index is 2.32. The van der Waals surface area contributed by atoms with E-state index in [-0.39, 0.29) is 0 Å². The van der Waals surface area contributed by atoms with Gasteiger partial charge in [0.1, 0.15) is 0 Å². The summed E-state index contributed by atoms with van der Waals surface area (Å²) >= 11 is 1.73. The van der Waals surface area contributed by atoms with Crippen molar-refractivity contribution in [2.75, 3.05) is 0 Å². The molecule has 2 nitrogen and oxygen atoms in total. The Bertz CT molecular complexity index is 206. The van der Waals surface area contributed by atoms with Gasteiger partial charge in [-0.05, 0) is 19.3 Å². The second kappa shape index (κ2) is 4.58. The van der Waals surface area contributed by atoms with E-state index in [4.69, 9.17) is 5.73 Å². The monoisotopic (exact) mass is 184 g/mol. The molecule has 0 fully saturated rings. The second-order valence-electron chi connectivity index (χ2n) is 3.45. The predicted molar refractivity (Wildman–Crippen MR) is 53.2 cm³/mol. The van der Waals surface area contributed by atoms with E-state index < -0.39 is 0 Å². The topological polar surface area (TPSA) is 38.9 Å². The molecule has 0 spiro atoms. The number of thiazole rings is 1. The van der Waals surface area contributed by atoms with Crippen LogP contribution in [0, 0.1) is 5.92 Å². The SMILES string of the molecule is CC(N)CC(C)Cc1nccs1. The first-order valence-corrected chi connectivity index (χ1v) is 5.20. The summed E-state index contributed by atoms with van der Waals surface area (Å²) in [5.74, 6) is 0.649. The highest BCUT2D eigenvalue weighted by Crippen LogP contribution is 2.14. The number of nitrogens with zero attached hydrogens (tertiary/aromatic N) is 1. The van der Waals surface area contributed by atoms with E-state index in [1.54, 1.807) is 11.3 Å². The maximum atomic E-state index is 5.71. The Morgan fingerprint density at radius 1 is 1.58 bits per heavy atom. The number of rotatable bonds is 4. The third kappa shape index (κ3) is 3.32. The highest BCUT2D eigenvalue weighted by atomic mass is 32.1. The van der Waals surface area contributed by atoms with Crippen LogP contribution in [0.4, 0.5) is 0 Å². The fraction of sp³-hybridized carbons (Fsp3) is 0.667. The molecule has 0 aliphatic rings. The number of nitrogens with two attached hydrogens (primary N) is 1. The van der Waals surface area contributed by atoms with Gasteiger partial charge in [-0.15, -0.1) is 11.3 Å². The number of hydrogen-bond donors (Lipinski definition) is 1. The van der Waals surface area contributed by atoms with Crippen molar-refractivity contribution in [3.05, 3.63) is 16.6 Å². The van der Waals surface area contributed by atoms with E-state index >= 15 is 0 Å². The van der Waals surface area contributed by atoms with Gasteiger partial charge in [0.15, 0.2) is 0 Å². The molecule has 0 aromatic carbocycles. The van der Waals surface area contributed by atoms with Gasteiger partial charge in [-0.25, -0.2) is 4.98 Å². The molecule has 0 aliphatic heterocycles. The third-order valence-electron chi connectivity index (χ3n) is 1.78. The van der Waals surface area contributed by atoms with E-state index in [2.05, 4.69) is 18.8 Å². The Hall–Kier alpha value is -0.410. The van der Waals surface area contributed by atoms with Gasteiger partial charge < -0.3 is 5.73 Å². The Morgan fingerprint density at radius 2 is 2.33 bits per heavy atom. The van der Waals surface area contributed by atoms with Crippen molar-refractivity contribution in [2.45, 2.75) is 32.7 Å². The normalized spacial score (nSPS) is 15.9. The van der Waals surface area contributed by atoms with E-state index in [1.165, 1.54) is 5.01 Å². The summed E-state index contributed by atoms with van der Waals surface area (Å²) < 4.78 is 0. The molecule has 0 saturated carbocycles. The molecule has 2 N–H and O–H groups in total. The van der Waals surface area contributed by atoms with E-state index in [0.717, 1.165) is 12.8 Å². The second-order valence-corrected chi connectivity index (χ2v) is 4.43. The minimum absolute atomic E-state index is 0.306. The quantitative estimate of drug-likeness (QED) is 0.778. The minimum Gasteiger partial charge on any atom is -0.328 e. The van der Waals surface area contributed by atoms with Crippen LogP contribution in [0.15, 0.2) is 11.6 Å². The fourth-order valence-electron chi connectivity index (χ4n) is 1.37. The van der Waals surface area contributed by atoms with Gasteiger partial charge in [0.05, 0.1) is 5.01 Å². The molecule has 1 heterocycles. The van der Waals surface area contributed by atoms with Gasteiger partial charge in [-0.2, -0.15) is 0 Å². The molecule has 3 heteroatoms. The zero-order chi connectivity index (χ0) is 8.97. The molecule has 1 rings (SSSR count). The standard InChI is InChI=1S/C9H16N2S/c1-7(5-8(2)10)6-9-11-3-4-12-9/h3-4,7-8H,5-6,10H2,1-2H3. The number of aromatic nitrogens is 1. The molecule has 2 atom stereocenters. The number of hydrogen-bond acceptors (Lipinski definition) is 3. The van der Waals surface area contributed by atoms with Crippen molar-refractivity contribution in [1.29, 1.82) is 0 Å².